The second-order valence-electron chi connectivity index (χ2n) is 5.61. The lowest BCUT2D eigenvalue weighted by Crippen LogP contribution is -2.17. The Morgan fingerprint density at radius 1 is 1.14 bits per heavy atom. The van der Waals surface area contributed by atoms with Crippen molar-refractivity contribution in [3.8, 4) is 6.07 Å². The summed E-state index contributed by atoms with van der Waals surface area (Å²) in [6.07, 6.45) is 2.47. The Labute approximate surface area is 123 Å². The van der Waals surface area contributed by atoms with Gasteiger partial charge in [0.15, 0.2) is 0 Å². The summed E-state index contributed by atoms with van der Waals surface area (Å²) in [5.41, 5.74) is -0.650. The average Bonchev–Trinajstić information content (AvgIpc) is 2.72. The zero-order valence-electron chi connectivity index (χ0n) is 11.8. The summed E-state index contributed by atoms with van der Waals surface area (Å²) in [5.74, 6) is 0.434. The van der Waals surface area contributed by atoms with Crippen molar-refractivity contribution >= 4 is 5.69 Å². The molecule has 114 valence electrons. The second-order valence-corrected chi connectivity index (χ2v) is 5.61. The van der Waals surface area contributed by atoms with Crippen LogP contribution in [0.4, 0.5) is 18.9 Å². The molecule has 1 N–H and O–H groups in total. The lowest BCUT2D eigenvalue weighted by molar-refractivity contribution is -0.137. The maximum atomic E-state index is 13.0. The third kappa shape index (κ3) is 4.38. The molecule has 2 nitrogen and oxygen atoms in total. The number of hydrogen-bond acceptors (Lipinski definition) is 2. The first-order valence-corrected chi connectivity index (χ1v) is 7.36. The van der Waals surface area contributed by atoms with Crippen LogP contribution in [-0.2, 0) is 6.18 Å². The van der Waals surface area contributed by atoms with E-state index < -0.39 is 11.7 Å². The first kappa shape index (κ1) is 15.7. The van der Waals surface area contributed by atoms with E-state index in [0.29, 0.717) is 12.5 Å². The Kier molecular flexibility index (Phi) is 5.11. The van der Waals surface area contributed by atoms with Crippen LogP contribution in [0.5, 0.6) is 0 Å². The first-order chi connectivity index (χ1) is 10.0. The molecular weight excluding hydrogens is 277 g/mol. The maximum absolute atomic E-state index is 13.0. The van der Waals surface area contributed by atoms with Gasteiger partial charge in [0.25, 0.3) is 0 Å². The Morgan fingerprint density at radius 2 is 1.81 bits per heavy atom. The van der Waals surface area contributed by atoms with E-state index in [1.54, 1.807) is 6.07 Å². The van der Waals surface area contributed by atoms with Gasteiger partial charge in [0.2, 0.25) is 0 Å². The molecule has 0 unspecified atom stereocenters. The van der Waals surface area contributed by atoms with Crippen LogP contribution in [0.15, 0.2) is 18.2 Å². The van der Waals surface area contributed by atoms with Crippen LogP contribution in [0.2, 0.25) is 0 Å². The number of hydrogen-bond donors (Lipinski definition) is 1. The smallest absolute Gasteiger partial charge is 0.384 e. The molecule has 1 aromatic rings. The maximum Gasteiger partial charge on any atom is 0.418 e. The molecule has 1 aliphatic rings. The molecule has 0 radical (unpaired) electrons. The zero-order valence-corrected chi connectivity index (χ0v) is 11.8. The molecule has 5 heteroatoms. The van der Waals surface area contributed by atoms with Crippen LogP contribution in [-0.4, -0.2) is 6.54 Å². The number of alkyl halides is 3. The van der Waals surface area contributed by atoms with Crippen molar-refractivity contribution < 1.29 is 13.2 Å². The van der Waals surface area contributed by atoms with E-state index in [0.717, 1.165) is 31.7 Å². The average molecular weight is 296 g/mol. The van der Waals surface area contributed by atoms with Gasteiger partial charge in [-0.2, -0.15) is 18.4 Å². The van der Waals surface area contributed by atoms with Gasteiger partial charge in [0, 0.05) is 12.2 Å². The normalized spacial score (nSPS) is 17.0. The molecule has 0 aliphatic heterocycles. The lowest BCUT2D eigenvalue weighted by atomic mass is 10.00. The minimum absolute atomic E-state index is 0.0299. The Morgan fingerprint density at radius 3 is 2.38 bits per heavy atom. The third-order valence-corrected chi connectivity index (χ3v) is 4.01. The van der Waals surface area contributed by atoms with Crippen LogP contribution >= 0.6 is 0 Å². The fourth-order valence-corrected chi connectivity index (χ4v) is 2.82. The predicted molar refractivity (Wildman–Crippen MR) is 75.8 cm³/mol. The van der Waals surface area contributed by atoms with Gasteiger partial charge in [0.05, 0.1) is 17.2 Å². The van der Waals surface area contributed by atoms with Crippen molar-refractivity contribution in [3.05, 3.63) is 29.3 Å². The quantitative estimate of drug-likeness (QED) is 0.800. The summed E-state index contributed by atoms with van der Waals surface area (Å²) in [6, 6.07) is 5.45. The van der Waals surface area contributed by atoms with Gasteiger partial charge >= 0.3 is 6.18 Å². The minimum atomic E-state index is -4.45. The number of rotatable bonds is 3. The number of nitriles is 1. The van der Waals surface area contributed by atoms with Gasteiger partial charge < -0.3 is 5.32 Å². The molecule has 21 heavy (non-hydrogen) atoms. The van der Waals surface area contributed by atoms with Gasteiger partial charge in [-0.15, -0.1) is 0 Å². The van der Waals surface area contributed by atoms with E-state index in [9.17, 15) is 13.2 Å². The molecule has 0 heterocycles. The highest BCUT2D eigenvalue weighted by atomic mass is 19.4. The van der Waals surface area contributed by atoms with Gasteiger partial charge in [-0.25, -0.2) is 0 Å². The lowest BCUT2D eigenvalue weighted by Gasteiger charge is -2.19. The molecule has 1 fully saturated rings. The van der Waals surface area contributed by atoms with Crippen LogP contribution in [0.3, 0.4) is 0 Å². The van der Waals surface area contributed by atoms with E-state index in [1.807, 2.05) is 0 Å². The van der Waals surface area contributed by atoms with Crippen LogP contribution < -0.4 is 5.32 Å². The number of benzene rings is 1. The predicted octanol–water partition coefficient (Wildman–Crippen LogP) is 4.96. The standard InChI is InChI=1S/C16H19F3N2/c17-16(18,19)14-9-13(10-20)7-8-15(14)21-11-12-5-3-1-2-4-6-12/h7-9,12,21H,1-6,11H2. The Balaban J connectivity index is 2.10. The Hall–Kier alpha value is -1.70. The number of halogens is 3. The largest absolute Gasteiger partial charge is 0.418 e. The fraction of sp³-hybridized carbons (Fsp3) is 0.562. The van der Waals surface area contributed by atoms with E-state index in [4.69, 9.17) is 5.26 Å². The van der Waals surface area contributed by atoms with Crippen molar-refractivity contribution in [1.29, 1.82) is 5.26 Å². The summed E-state index contributed by atoms with van der Waals surface area (Å²) in [4.78, 5) is 0. The molecule has 0 saturated heterocycles. The summed E-state index contributed by atoms with van der Waals surface area (Å²) >= 11 is 0. The summed E-state index contributed by atoms with van der Waals surface area (Å²) in [7, 11) is 0. The highest BCUT2D eigenvalue weighted by Crippen LogP contribution is 2.36. The molecule has 1 aromatic carbocycles. The molecule has 0 spiro atoms. The van der Waals surface area contributed by atoms with Gasteiger partial charge in [0.1, 0.15) is 0 Å². The number of nitrogens with zero attached hydrogens (tertiary/aromatic N) is 1. The van der Waals surface area contributed by atoms with E-state index in [2.05, 4.69) is 5.32 Å². The molecule has 0 atom stereocenters. The summed E-state index contributed by atoms with van der Waals surface area (Å²) in [5, 5.41) is 11.7. The Bertz CT molecular complexity index is 509. The number of nitrogens with one attached hydrogen (secondary N) is 1. The van der Waals surface area contributed by atoms with Crippen LogP contribution in [0.25, 0.3) is 0 Å². The van der Waals surface area contributed by atoms with Gasteiger partial charge in [-0.3, -0.25) is 0 Å². The molecular formula is C16H19F3N2. The van der Waals surface area contributed by atoms with Crippen molar-refractivity contribution in [2.45, 2.75) is 44.7 Å². The highest BCUT2D eigenvalue weighted by molar-refractivity contribution is 5.56. The highest BCUT2D eigenvalue weighted by Gasteiger charge is 2.34. The van der Waals surface area contributed by atoms with Crippen molar-refractivity contribution in [1.82, 2.24) is 0 Å². The summed E-state index contributed by atoms with van der Waals surface area (Å²) < 4.78 is 39.1. The minimum Gasteiger partial charge on any atom is -0.384 e. The van der Waals surface area contributed by atoms with Gasteiger partial charge in [-0.1, -0.05) is 25.7 Å². The van der Waals surface area contributed by atoms with E-state index in [-0.39, 0.29) is 11.3 Å². The second kappa shape index (κ2) is 6.84. The molecule has 0 aromatic heterocycles. The zero-order chi connectivity index (χ0) is 15.3. The van der Waals surface area contributed by atoms with Crippen molar-refractivity contribution in [3.63, 3.8) is 0 Å². The first-order valence-electron chi connectivity index (χ1n) is 7.36. The van der Waals surface area contributed by atoms with E-state index in [1.165, 1.54) is 25.0 Å². The monoisotopic (exact) mass is 296 g/mol. The molecule has 0 bridgehead atoms. The SMILES string of the molecule is N#Cc1ccc(NCC2CCCCCC2)c(C(F)(F)F)c1. The summed E-state index contributed by atoms with van der Waals surface area (Å²) in [6.45, 7) is 0.564. The fourth-order valence-electron chi connectivity index (χ4n) is 2.82. The van der Waals surface area contributed by atoms with Crippen LogP contribution in [0.1, 0.15) is 49.7 Å². The molecule has 0 amide bonds. The molecule has 1 aliphatic carbocycles. The van der Waals surface area contributed by atoms with Crippen molar-refractivity contribution in [2.75, 3.05) is 11.9 Å². The molecule has 1 saturated carbocycles. The van der Waals surface area contributed by atoms with Crippen molar-refractivity contribution in [2.24, 2.45) is 5.92 Å². The molecule has 2 rings (SSSR count). The van der Waals surface area contributed by atoms with E-state index >= 15 is 0 Å². The third-order valence-electron chi connectivity index (χ3n) is 4.01. The van der Waals surface area contributed by atoms with Gasteiger partial charge in [-0.05, 0) is 37.0 Å². The van der Waals surface area contributed by atoms with Crippen LogP contribution in [0, 0.1) is 17.2 Å². The topological polar surface area (TPSA) is 35.8 Å². The number of anilines is 1.